The van der Waals surface area contributed by atoms with E-state index in [1.165, 1.54) is 4.68 Å². The molecule has 0 aliphatic carbocycles. The van der Waals surface area contributed by atoms with Crippen molar-refractivity contribution in [3.63, 3.8) is 0 Å². The first-order valence-electron chi connectivity index (χ1n) is 8.91. The van der Waals surface area contributed by atoms with E-state index in [0.29, 0.717) is 17.3 Å². The molecule has 2 aromatic heterocycles. The maximum atomic E-state index is 12.8. The summed E-state index contributed by atoms with van der Waals surface area (Å²) in [7, 11) is 3.40. The maximum Gasteiger partial charge on any atom is 0.312 e. The first kappa shape index (κ1) is 20.1. The van der Waals surface area contributed by atoms with Gasteiger partial charge in [-0.15, -0.1) is 0 Å². The van der Waals surface area contributed by atoms with E-state index in [1.807, 2.05) is 35.9 Å². The number of nitrogens with one attached hydrogen (secondary N) is 1. The quantitative estimate of drug-likeness (QED) is 0.481. The molecular formula is C19H22N6O4. The molecule has 3 rings (SSSR count). The van der Waals surface area contributed by atoms with Crippen molar-refractivity contribution in [1.82, 2.24) is 24.6 Å². The third-order valence-corrected chi connectivity index (χ3v) is 4.69. The molecule has 0 aliphatic heterocycles. The minimum absolute atomic E-state index is 0.0804. The Bertz CT molecular complexity index is 1050. The number of imidazole rings is 1. The van der Waals surface area contributed by atoms with E-state index in [1.54, 1.807) is 33.4 Å². The maximum absolute atomic E-state index is 12.8. The van der Waals surface area contributed by atoms with E-state index in [-0.39, 0.29) is 23.8 Å². The second-order valence-electron chi connectivity index (χ2n) is 6.57. The Morgan fingerprint density at radius 3 is 2.66 bits per heavy atom. The van der Waals surface area contributed by atoms with Crippen LogP contribution in [0.15, 0.2) is 36.7 Å². The zero-order valence-electron chi connectivity index (χ0n) is 16.6. The van der Waals surface area contributed by atoms with Gasteiger partial charge in [0.2, 0.25) is 5.91 Å². The van der Waals surface area contributed by atoms with Crippen LogP contribution in [0, 0.1) is 24.0 Å². The van der Waals surface area contributed by atoms with Crippen LogP contribution in [0.1, 0.15) is 28.8 Å². The number of hydrogen-bond acceptors (Lipinski definition) is 6. The largest absolute Gasteiger partial charge is 0.496 e. The van der Waals surface area contributed by atoms with Gasteiger partial charge in [-0.2, -0.15) is 5.10 Å². The van der Waals surface area contributed by atoms with Crippen molar-refractivity contribution in [2.24, 2.45) is 7.05 Å². The van der Waals surface area contributed by atoms with Crippen molar-refractivity contribution in [1.29, 1.82) is 0 Å². The number of nitrogens with zero attached hydrogens (tertiary/aromatic N) is 5. The van der Waals surface area contributed by atoms with Gasteiger partial charge >= 0.3 is 5.69 Å². The lowest BCUT2D eigenvalue weighted by atomic mass is 10.0. The summed E-state index contributed by atoms with van der Waals surface area (Å²) in [4.78, 5) is 27.9. The van der Waals surface area contributed by atoms with Crippen molar-refractivity contribution in [3.8, 4) is 5.75 Å². The van der Waals surface area contributed by atoms with Crippen molar-refractivity contribution < 1.29 is 14.5 Å². The van der Waals surface area contributed by atoms with Gasteiger partial charge in [-0.1, -0.05) is 18.2 Å². The SMILES string of the molecule is COc1ccccc1[C@H](NC(=O)Cn1nc(C)c([N+](=O)[O-])c1C)c1nccn1C. The van der Waals surface area contributed by atoms with Crippen LogP contribution in [0.4, 0.5) is 5.69 Å². The number of para-hydroxylation sites is 1. The van der Waals surface area contributed by atoms with Crippen molar-refractivity contribution in [2.75, 3.05) is 7.11 Å². The molecule has 0 bridgehead atoms. The number of methoxy groups -OCH3 is 1. The molecule has 1 N–H and O–H groups in total. The predicted molar refractivity (Wildman–Crippen MR) is 105 cm³/mol. The normalized spacial score (nSPS) is 11.9. The van der Waals surface area contributed by atoms with Crippen molar-refractivity contribution >= 4 is 11.6 Å². The summed E-state index contributed by atoms with van der Waals surface area (Å²) in [5, 5.41) is 18.3. The van der Waals surface area contributed by atoms with Gasteiger partial charge in [0.1, 0.15) is 35.5 Å². The highest BCUT2D eigenvalue weighted by molar-refractivity contribution is 5.77. The van der Waals surface area contributed by atoms with Crippen LogP contribution in [0.2, 0.25) is 0 Å². The molecule has 1 atom stereocenters. The van der Waals surface area contributed by atoms with Gasteiger partial charge < -0.3 is 14.6 Å². The molecule has 10 nitrogen and oxygen atoms in total. The molecule has 2 heterocycles. The van der Waals surface area contributed by atoms with E-state index in [9.17, 15) is 14.9 Å². The number of amides is 1. The van der Waals surface area contributed by atoms with Gasteiger partial charge in [-0.3, -0.25) is 19.6 Å². The van der Waals surface area contributed by atoms with Gasteiger partial charge in [-0.25, -0.2) is 4.98 Å². The number of aryl methyl sites for hydroxylation is 2. The molecule has 0 fully saturated rings. The number of benzene rings is 1. The number of ether oxygens (including phenoxy) is 1. The molecule has 3 aromatic rings. The fourth-order valence-corrected chi connectivity index (χ4v) is 3.29. The molecule has 1 aromatic carbocycles. The third kappa shape index (κ3) is 3.96. The molecule has 1 amide bonds. The fourth-order valence-electron chi connectivity index (χ4n) is 3.29. The highest BCUT2D eigenvalue weighted by Crippen LogP contribution is 2.29. The van der Waals surface area contributed by atoms with Gasteiger partial charge in [0.15, 0.2) is 0 Å². The topological polar surface area (TPSA) is 117 Å². The van der Waals surface area contributed by atoms with Crippen molar-refractivity contribution in [3.05, 3.63) is 69.5 Å². The molecule has 29 heavy (non-hydrogen) atoms. The standard InChI is InChI=1S/C19H22N6O4/c1-12-18(25(27)28)13(2)24(22-12)11-16(26)21-17(19-20-9-10-23(19)3)14-7-5-6-8-15(14)29-4/h5-10,17H,11H2,1-4H3,(H,21,26)/t17-/m0/s1. The van der Waals surface area contributed by atoms with Crippen LogP contribution >= 0.6 is 0 Å². The van der Waals surface area contributed by atoms with E-state index in [2.05, 4.69) is 15.4 Å². The van der Waals surface area contributed by atoms with Gasteiger partial charge in [0, 0.05) is 25.0 Å². The van der Waals surface area contributed by atoms with E-state index < -0.39 is 11.0 Å². The summed E-state index contributed by atoms with van der Waals surface area (Å²) in [5.41, 5.74) is 1.26. The summed E-state index contributed by atoms with van der Waals surface area (Å²) in [6.07, 6.45) is 3.43. The number of nitro groups is 1. The lowest BCUT2D eigenvalue weighted by molar-refractivity contribution is -0.386. The minimum Gasteiger partial charge on any atom is -0.496 e. The Labute approximate surface area is 167 Å². The highest BCUT2D eigenvalue weighted by Gasteiger charge is 2.26. The van der Waals surface area contributed by atoms with E-state index in [4.69, 9.17) is 4.74 Å². The van der Waals surface area contributed by atoms with E-state index >= 15 is 0 Å². The number of aromatic nitrogens is 4. The Morgan fingerprint density at radius 1 is 1.34 bits per heavy atom. The molecule has 0 radical (unpaired) electrons. The number of carbonyl (C=O) groups is 1. The number of rotatable bonds is 7. The zero-order chi connectivity index (χ0) is 21.1. The number of carbonyl (C=O) groups excluding carboxylic acids is 1. The van der Waals surface area contributed by atoms with Gasteiger partial charge in [0.25, 0.3) is 0 Å². The average molecular weight is 398 g/mol. The monoisotopic (exact) mass is 398 g/mol. The summed E-state index contributed by atoms with van der Waals surface area (Å²) in [5.74, 6) is 0.883. The molecule has 0 spiro atoms. The Hall–Kier alpha value is -3.69. The Morgan fingerprint density at radius 2 is 2.07 bits per heavy atom. The first-order chi connectivity index (χ1) is 13.8. The molecule has 10 heteroatoms. The first-order valence-corrected chi connectivity index (χ1v) is 8.91. The zero-order valence-corrected chi connectivity index (χ0v) is 16.6. The summed E-state index contributed by atoms with van der Waals surface area (Å²) in [6.45, 7) is 2.96. The second-order valence-corrected chi connectivity index (χ2v) is 6.57. The fraction of sp³-hybridized carbons (Fsp3) is 0.316. The summed E-state index contributed by atoms with van der Waals surface area (Å²) < 4.78 is 8.59. The van der Waals surface area contributed by atoms with Crippen molar-refractivity contribution in [2.45, 2.75) is 26.4 Å². The van der Waals surface area contributed by atoms with Gasteiger partial charge in [-0.05, 0) is 19.9 Å². The van der Waals surface area contributed by atoms with Crippen LogP contribution in [-0.2, 0) is 18.4 Å². The van der Waals surface area contributed by atoms with E-state index in [0.717, 1.165) is 5.56 Å². The number of hydrogen-bond donors (Lipinski definition) is 1. The second kappa shape index (κ2) is 8.13. The predicted octanol–water partition coefficient (Wildman–Crippen LogP) is 2.06. The molecular weight excluding hydrogens is 376 g/mol. The van der Waals surface area contributed by atoms with Crippen LogP contribution in [0.3, 0.4) is 0 Å². The lowest BCUT2D eigenvalue weighted by Gasteiger charge is -2.21. The van der Waals surface area contributed by atoms with Crippen LogP contribution < -0.4 is 10.1 Å². The smallest absolute Gasteiger partial charge is 0.312 e. The minimum atomic E-state index is -0.564. The highest BCUT2D eigenvalue weighted by atomic mass is 16.6. The molecule has 152 valence electrons. The molecule has 0 saturated carbocycles. The molecule has 0 saturated heterocycles. The third-order valence-electron chi connectivity index (χ3n) is 4.69. The van der Waals surface area contributed by atoms with Gasteiger partial charge in [0.05, 0.1) is 12.0 Å². The van der Waals surface area contributed by atoms with Crippen LogP contribution in [0.25, 0.3) is 0 Å². The van der Waals surface area contributed by atoms with Crippen LogP contribution in [-0.4, -0.2) is 37.3 Å². The lowest BCUT2D eigenvalue weighted by Crippen LogP contribution is -2.34. The summed E-state index contributed by atoms with van der Waals surface area (Å²) in [6, 6.07) is 6.79. The summed E-state index contributed by atoms with van der Waals surface area (Å²) >= 11 is 0. The molecule has 0 aliphatic rings. The Balaban J connectivity index is 1.91. The Kier molecular flexibility index (Phi) is 5.62. The average Bonchev–Trinajstić information content (AvgIpc) is 3.22. The van der Waals surface area contributed by atoms with Crippen LogP contribution in [0.5, 0.6) is 5.75 Å². The molecule has 0 unspecified atom stereocenters.